The molecule has 3 atom stereocenters. The molecule has 1 N–H and O–H groups in total. The average Bonchev–Trinajstić information content (AvgIpc) is 3.27. The molecule has 2 aromatic rings. The summed E-state index contributed by atoms with van der Waals surface area (Å²) in [5.74, 6) is -1.12. The lowest BCUT2D eigenvalue weighted by Gasteiger charge is -2.38. The number of nitrogens with zero attached hydrogens (tertiary/aromatic N) is 1. The molecular weight excluding hydrogens is 400 g/mol. The van der Waals surface area contributed by atoms with Gasteiger partial charge >= 0.3 is 5.97 Å². The van der Waals surface area contributed by atoms with Crippen LogP contribution in [0.3, 0.4) is 0 Å². The third-order valence-corrected chi connectivity index (χ3v) is 6.31. The number of piperidine rings is 1. The van der Waals surface area contributed by atoms with Gasteiger partial charge in [0.25, 0.3) is 11.8 Å². The number of rotatable bonds is 7. The van der Waals surface area contributed by atoms with Crippen LogP contribution in [0.4, 0.5) is 0 Å². The number of hydrogen-bond acceptors (Lipinski definition) is 5. The smallest absolute Gasteiger partial charge is 0.329 e. The van der Waals surface area contributed by atoms with E-state index in [4.69, 9.17) is 4.74 Å². The highest BCUT2D eigenvalue weighted by molar-refractivity contribution is 7.12. The quantitative estimate of drug-likeness (QED) is 0.686. The minimum Gasteiger partial charge on any atom is -0.454 e. The van der Waals surface area contributed by atoms with Crippen LogP contribution in [-0.4, -0.2) is 47.4 Å². The molecule has 0 aliphatic carbocycles. The van der Waals surface area contributed by atoms with Gasteiger partial charge in [0.05, 0.1) is 4.88 Å². The molecule has 3 rings (SSSR count). The number of hydrogen-bond donors (Lipinski definition) is 1. The van der Waals surface area contributed by atoms with E-state index in [2.05, 4.69) is 5.32 Å². The molecule has 160 valence electrons. The number of benzene rings is 1. The first-order valence-corrected chi connectivity index (χ1v) is 11.2. The Morgan fingerprint density at radius 1 is 1.10 bits per heavy atom. The summed E-state index contributed by atoms with van der Waals surface area (Å²) in [5.41, 5.74) is 0.899. The lowest BCUT2D eigenvalue weighted by atomic mass is 9.97. The number of thiophene rings is 1. The van der Waals surface area contributed by atoms with E-state index in [0.29, 0.717) is 11.3 Å². The maximum absolute atomic E-state index is 12.8. The first-order chi connectivity index (χ1) is 14.5. The summed E-state index contributed by atoms with van der Waals surface area (Å²) >= 11 is 1.30. The molecule has 1 saturated heterocycles. The SMILES string of the molecule is C[C@@H]1CCC[C@H](C)N1C(=O)COC(=O)[C@H](Cc1ccccc1)NC(=O)c1cccs1. The normalized spacial score (nSPS) is 19.7. The van der Waals surface area contributed by atoms with Gasteiger partial charge in [-0.15, -0.1) is 11.3 Å². The monoisotopic (exact) mass is 428 g/mol. The standard InChI is InChI=1S/C23H28N2O4S/c1-16-8-6-9-17(2)25(16)21(26)15-29-23(28)19(14-18-10-4-3-5-11-18)24-22(27)20-12-7-13-30-20/h3-5,7,10-13,16-17,19H,6,8-9,14-15H2,1-2H3,(H,24,27)/t16-,17+,19-/m0/s1. The second kappa shape index (κ2) is 10.4. The summed E-state index contributed by atoms with van der Waals surface area (Å²) < 4.78 is 5.36. The highest BCUT2D eigenvalue weighted by Gasteiger charge is 2.30. The first kappa shape index (κ1) is 22.0. The molecule has 0 radical (unpaired) electrons. The number of likely N-dealkylation sites (tertiary alicyclic amines) is 1. The van der Waals surface area contributed by atoms with Crippen molar-refractivity contribution >= 4 is 29.1 Å². The van der Waals surface area contributed by atoms with Crippen LogP contribution in [0.25, 0.3) is 0 Å². The summed E-state index contributed by atoms with van der Waals surface area (Å²) in [6.45, 7) is 3.73. The van der Waals surface area contributed by atoms with Gasteiger partial charge in [0.15, 0.2) is 6.61 Å². The van der Waals surface area contributed by atoms with Gasteiger partial charge in [0.2, 0.25) is 0 Å². The van der Waals surface area contributed by atoms with E-state index >= 15 is 0 Å². The van der Waals surface area contributed by atoms with E-state index in [1.54, 1.807) is 17.5 Å². The van der Waals surface area contributed by atoms with Crippen molar-refractivity contribution in [3.63, 3.8) is 0 Å². The fourth-order valence-corrected chi connectivity index (χ4v) is 4.53. The van der Waals surface area contributed by atoms with Gasteiger partial charge in [0, 0.05) is 18.5 Å². The van der Waals surface area contributed by atoms with Crippen LogP contribution >= 0.6 is 11.3 Å². The number of amides is 2. The number of nitrogens with one attached hydrogen (secondary N) is 1. The van der Waals surface area contributed by atoms with Crippen LogP contribution in [0, 0.1) is 0 Å². The molecule has 0 bridgehead atoms. The molecule has 30 heavy (non-hydrogen) atoms. The number of carbonyl (C=O) groups excluding carboxylic acids is 3. The molecule has 1 aliphatic rings. The Balaban J connectivity index is 1.65. The van der Waals surface area contributed by atoms with Gasteiger partial charge in [-0.2, -0.15) is 0 Å². The van der Waals surface area contributed by atoms with E-state index in [-0.39, 0.29) is 30.5 Å². The molecule has 1 aromatic carbocycles. The summed E-state index contributed by atoms with van der Waals surface area (Å²) in [5, 5.41) is 4.57. The Kier molecular flexibility index (Phi) is 7.63. The zero-order chi connectivity index (χ0) is 21.5. The molecule has 1 aromatic heterocycles. The Hall–Kier alpha value is -2.67. The molecule has 0 unspecified atom stereocenters. The van der Waals surface area contributed by atoms with Crippen LogP contribution in [0.1, 0.15) is 48.3 Å². The highest BCUT2D eigenvalue weighted by atomic mass is 32.1. The second-order valence-corrected chi connectivity index (χ2v) is 8.68. The summed E-state index contributed by atoms with van der Waals surface area (Å²) in [6.07, 6.45) is 3.30. The topological polar surface area (TPSA) is 75.7 Å². The molecule has 0 spiro atoms. The molecule has 0 saturated carbocycles. The third-order valence-electron chi connectivity index (χ3n) is 5.44. The fourth-order valence-electron chi connectivity index (χ4n) is 3.90. The summed E-state index contributed by atoms with van der Waals surface area (Å²) in [7, 11) is 0. The van der Waals surface area contributed by atoms with Gasteiger partial charge in [-0.3, -0.25) is 9.59 Å². The van der Waals surface area contributed by atoms with Gasteiger partial charge in [-0.05, 0) is 50.1 Å². The Morgan fingerprint density at radius 2 is 1.80 bits per heavy atom. The predicted octanol–water partition coefficient (Wildman–Crippen LogP) is 3.42. The molecule has 2 amide bonds. The zero-order valence-electron chi connectivity index (χ0n) is 17.4. The maximum atomic E-state index is 12.8. The van der Waals surface area contributed by atoms with Crippen molar-refractivity contribution in [2.45, 2.75) is 57.7 Å². The fraction of sp³-hybridized carbons (Fsp3) is 0.435. The van der Waals surface area contributed by atoms with Crippen LogP contribution in [-0.2, 0) is 20.7 Å². The maximum Gasteiger partial charge on any atom is 0.329 e. The Morgan fingerprint density at radius 3 is 2.43 bits per heavy atom. The number of carbonyl (C=O) groups is 3. The van der Waals surface area contributed by atoms with Crippen LogP contribution in [0.2, 0.25) is 0 Å². The second-order valence-electron chi connectivity index (χ2n) is 7.73. The number of esters is 1. The highest BCUT2D eigenvalue weighted by Crippen LogP contribution is 2.22. The van der Waals surface area contributed by atoms with Crippen molar-refractivity contribution in [2.75, 3.05) is 6.61 Å². The first-order valence-electron chi connectivity index (χ1n) is 10.3. The van der Waals surface area contributed by atoms with E-state index < -0.39 is 12.0 Å². The lowest BCUT2D eigenvalue weighted by Crippen LogP contribution is -2.50. The van der Waals surface area contributed by atoms with Gasteiger partial charge < -0.3 is 15.0 Å². The van der Waals surface area contributed by atoms with E-state index in [9.17, 15) is 14.4 Å². The Bertz CT molecular complexity index is 843. The van der Waals surface area contributed by atoms with Crippen molar-refractivity contribution < 1.29 is 19.1 Å². The van der Waals surface area contributed by atoms with Gasteiger partial charge in [0.1, 0.15) is 6.04 Å². The van der Waals surface area contributed by atoms with Crippen LogP contribution in [0.5, 0.6) is 0 Å². The van der Waals surface area contributed by atoms with Gasteiger partial charge in [-0.1, -0.05) is 36.4 Å². The van der Waals surface area contributed by atoms with E-state index in [1.807, 2.05) is 49.1 Å². The van der Waals surface area contributed by atoms with Crippen molar-refractivity contribution in [1.82, 2.24) is 10.2 Å². The summed E-state index contributed by atoms with van der Waals surface area (Å²) in [4.78, 5) is 40.3. The van der Waals surface area contributed by atoms with Crippen LogP contribution < -0.4 is 5.32 Å². The van der Waals surface area contributed by atoms with Crippen molar-refractivity contribution in [3.8, 4) is 0 Å². The van der Waals surface area contributed by atoms with Gasteiger partial charge in [-0.25, -0.2) is 4.79 Å². The Labute approximate surface area is 181 Å². The molecular formula is C23H28N2O4S. The molecule has 1 aliphatic heterocycles. The van der Waals surface area contributed by atoms with Crippen molar-refractivity contribution in [1.29, 1.82) is 0 Å². The van der Waals surface area contributed by atoms with Crippen molar-refractivity contribution in [2.24, 2.45) is 0 Å². The largest absolute Gasteiger partial charge is 0.454 e. The van der Waals surface area contributed by atoms with E-state index in [0.717, 1.165) is 24.8 Å². The van der Waals surface area contributed by atoms with E-state index in [1.165, 1.54) is 11.3 Å². The van der Waals surface area contributed by atoms with Crippen LogP contribution in [0.15, 0.2) is 47.8 Å². The van der Waals surface area contributed by atoms with Crippen molar-refractivity contribution in [3.05, 3.63) is 58.3 Å². The predicted molar refractivity (Wildman–Crippen MR) is 116 cm³/mol. The molecule has 1 fully saturated rings. The lowest BCUT2D eigenvalue weighted by molar-refractivity contribution is -0.156. The third kappa shape index (κ3) is 5.69. The molecule has 7 heteroatoms. The summed E-state index contributed by atoms with van der Waals surface area (Å²) in [6, 6.07) is 12.3. The minimum absolute atomic E-state index is 0.138. The molecule has 2 heterocycles. The molecule has 6 nitrogen and oxygen atoms in total. The number of ether oxygens (including phenoxy) is 1. The average molecular weight is 429 g/mol. The minimum atomic E-state index is -0.869. The zero-order valence-corrected chi connectivity index (χ0v) is 18.2.